The van der Waals surface area contributed by atoms with Crippen LogP contribution in [0.3, 0.4) is 0 Å². The van der Waals surface area contributed by atoms with Crippen molar-refractivity contribution in [3.05, 3.63) is 83.7 Å². The Morgan fingerprint density at radius 1 is 0.885 bits per heavy atom. The van der Waals surface area contributed by atoms with Crippen molar-refractivity contribution < 1.29 is 24.1 Å². The molecule has 6 heteroatoms. The third-order valence-electron chi connectivity index (χ3n) is 3.23. The maximum Gasteiger partial charge on any atom is 0.123 e. The van der Waals surface area contributed by atoms with E-state index in [2.05, 4.69) is 0 Å². The zero-order valence-electron chi connectivity index (χ0n) is 14.0. The van der Waals surface area contributed by atoms with Gasteiger partial charge in [-0.1, -0.05) is 42.0 Å². The van der Waals surface area contributed by atoms with Gasteiger partial charge in [-0.2, -0.15) is 0 Å². The van der Waals surface area contributed by atoms with Crippen molar-refractivity contribution in [3.63, 3.8) is 0 Å². The first-order valence-electron chi connectivity index (χ1n) is 8.01. The van der Waals surface area contributed by atoms with Gasteiger partial charge in [0.25, 0.3) is 0 Å². The summed E-state index contributed by atoms with van der Waals surface area (Å²) >= 11 is 5.85. The van der Waals surface area contributed by atoms with Crippen molar-refractivity contribution in [2.45, 2.75) is 12.2 Å². The molecule has 0 bridgehead atoms. The van der Waals surface area contributed by atoms with E-state index in [1.54, 1.807) is 36.4 Å². The first-order valence-corrected chi connectivity index (χ1v) is 8.38. The van der Waals surface area contributed by atoms with Crippen molar-refractivity contribution >= 4 is 11.6 Å². The molecule has 0 aliphatic carbocycles. The van der Waals surface area contributed by atoms with Gasteiger partial charge in [-0.25, -0.2) is 4.39 Å². The highest BCUT2D eigenvalue weighted by Gasteiger charge is 2.02. The van der Waals surface area contributed by atoms with Crippen LogP contribution < -0.4 is 9.47 Å². The summed E-state index contributed by atoms with van der Waals surface area (Å²) in [5.41, 5.74) is 0. The van der Waals surface area contributed by atoms with Gasteiger partial charge in [-0.05, 0) is 42.5 Å². The lowest BCUT2D eigenvalue weighted by atomic mass is 10.3. The summed E-state index contributed by atoms with van der Waals surface area (Å²) in [5.74, 6) is 0.706. The van der Waals surface area contributed by atoms with Crippen LogP contribution in [0.2, 0.25) is 5.02 Å². The fraction of sp³-hybridized carbons (Fsp3) is 0.200. The Morgan fingerprint density at radius 3 is 2.04 bits per heavy atom. The summed E-state index contributed by atoms with van der Waals surface area (Å²) in [4.78, 5) is 0. The summed E-state index contributed by atoms with van der Waals surface area (Å²) in [7, 11) is 0. The Hall–Kier alpha value is -2.34. The molecule has 0 heterocycles. The van der Waals surface area contributed by atoms with Gasteiger partial charge in [0.2, 0.25) is 0 Å². The number of halogens is 2. The molecule has 2 aromatic rings. The van der Waals surface area contributed by atoms with Crippen LogP contribution in [-0.4, -0.2) is 35.6 Å². The van der Waals surface area contributed by atoms with Gasteiger partial charge in [0.15, 0.2) is 0 Å². The Balaban J connectivity index is 1.68. The van der Waals surface area contributed by atoms with Crippen LogP contribution in [-0.2, 0) is 0 Å². The quantitative estimate of drug-likeness (QED) is 0.652. The second-order valence-electron chi connectivity index (χ2n) is 5.44. The molecule has 138 valence electrons. The molecule has 0 aliphatic rings. The van der Waals surface area contributed by atoms with Gasteiger partial charge in [0.1, 0.15) is 42.7 Å². The molecule has 2 rings (SSSR count). The fourth-order valence-electron chi connectivity index (χ4n) is 1.95. The molecular formula is C20H20ClFO4. The van der Waals surface area contributed by atoms with E-state index < -0.39 is 12.2 Å². The average molecular weight is 379 g/mol. The Labute approximate surface area is 156 Å². The van der Waals surface area contributed by atoms with E-state index in [0.717, 1.165) is 0 Å². The molecular weight excluding hydrogens is 359 g/mol. The van der Waals surface area contributed by atoms with Gasteiger partial charge in [-0.3, -0.25) is 0 Å². The largest absolute Gasteiger partial charge is 0.491 e. The van der Waals surface area contributed by atoms with Crippen LogP contribution >= 0.6 is 11.6 Å². The Bertz CT molecular complexity index is 731. The number of aliphatic hydroxyl groups is 2. The van der Waals surface area contributed by atoms with Crippen molar-refractivity contribution in [2.24, 2.45) is 0 Å². The minimum absolute atomic E-state index is 0.0381. The lowest BCUT2D eigenvalue weighted by molar-refractivity contribution is 0.143. The summed E-state index contributed by atoms with van der Waals surface area (Å²) in [5, 5.41) is 20.2. The van der Waals surface area contributed by atoms with Crippen LogP contribution in [0.5, 0.6) is 11.5 Å². The molecule has 0 amide bonds. The zero-order chi connectivity index (χ0) is 18.8. The smallest absolute Gasteiger partial charge is 0.123 e. The standard InChI is InChI=1S/C20H20ClFO4/c21-15-4-3-7-20(12-15)26-14-18(24)6-2-1-5-17(23)13-25-19-10-8-16(22)9-11-19/h1-12,17-18,23-24H,13-14H2/b5-1+,6-2?. The van der Waals surface area contributed by atoms with Crippen LogP contribution in [0.1, 0.15) is 0 Å². The van der Waals surface area contributed by atoms with E-state index in [1.807, 2.05) is 0 Å². The maximum atomic E-state index is 12.8. The maximum absolute atomic E-state index is 12.8. The first kappa shape index (κ1) is 20.0. The van der Waals surface area contributed by atoms with Crippen LogP contribution in [0, 0.1) is 5.82 Å². The van der Waals surface area contributed by atoms with E-state index in [4.69, 9.17) is 21.1 Å². The topological polar surface area (TPSA) is 58.9 Å². The SMILES string of the molecule is OC(C=C/C=C/C(O)COc1ccc(F)cc1)COc1cccc(Cl)c1. The second-order valence-corrected chi connectivity index (χ2v) is 5.87. The summed E-state index contributed by atoms with van der Waals surface area (Å²) in [6, 6.07) is 12.5. The molecule has 0 saturated heterocycles. The van der Waals surface area contributed by atoms with Crippen molar-refractivity contribution in [1.29, 1.82) is 0 Å². The molecule has 0 aliphatic heterocycles. The number of rotatable bonds is 9. The Morgan fingerprint density at radius 2 is 1.46 bits per heavy atom. The summed E-state index contributed by atoms with van der Waals surface area (Å²) in [6.07, 6.45) is 4.63. The molecule has 0 radical (unpaired) electrons. The molecule has 2 unspecified atom stereocenters. The third-order valence-corrected chi connectivity index (χ3v) is 3.46. The number of ether oxygens (including phenoxy) is 2. The number of hydrogen-bond acceptors (Lipinski definition) is 4. The highest BCUT2D eigenvalue weighted by atomic mass is 35.5. The molecule has 2 aromatic carbocycles. The van der Waals surface area contributed by atoms with Crippen molar-refractivity contribution in [1.82, 2.24) is 0 Å². The fourth-order valence-corrected chi connectivity index (χ4v) is 2.13. The predicted molar refractivity (Wildman–Crippen MR) is 99.1 cm³/mol. The third kappa shape index (κ3) is 7.70. The average Bonchev–Trinajstić information content (AvgIpc) is 2.63. The van der Waals surface area contributed by atoms with Gasteiger partial charge in [0, 0.05) is 5.02 Å². The lowest BCUT2D eigenvalue weighted by Crippen LogP contribution is -2.15. The van der Waals surface area contributed by atoms with E-state index in [9.17, 15) is 14.6 Å². The molecule has 0 aromatic heterocycles. The van der Waals surface area contributed by atoms with E-state index in [0.29, 0.717) is 16.5 Å². The van der Waals surface area contributed by atoms with Crippen LogP contribution in [0.4, 0.5) is 4.39 Å². The molecule has 2 atom stereocenters. The molecule has 0 spiro atoms. The predicted octanol–water partition coefficient (Wildman–Crippen LogP) is 3.77. The normalized spacial score (nSPS) is 13.8. The molecule has 4 nitrogen and oxygen atoms in total. The van der Waals surface area contributed by atoms with E-state index >= 15 is 0 Å². The minimum Gasteiger partial charge on any atom is -0.491 e. The number of hydrogen-bond donors (Lipinski definition) is 2. The van der Waals surface area contributed by atoms with Gasteiger partial charge in [-0.15, -0.1) is 0 Å². The van der Waals surface area contributed by atoms with Crippen molar-refractivity contribution in [2.75, 3.05) is 13.2 Å². The summed E-state index contributed by atoms with van der Waals surface area (Å²) in [6.45, 7) is 0.122. The highest BCUT2D eigenvalue weighted by molar-refractivity contribution is 6.30. The van der Waals surface area contributed by atoms with Crippen LogP contribution in [0.15, 0.2) is 72.8 Å². The molecule has 0 saturated carbocycles. The van der Waals surface area contributed by atoms with Crippen molar-refractivity contribution in [3.8, 4) is 11.5 Å². The molecule has 0 fully saturated rings. The second kappa shape index (κ2) is 10.6. The number of aliphatic hydroxyl groups excluding tert-OH is 2. The number of allylic oxidation sites excluding steroid dienone is 2. The van der Waals surface area contributed by atoms with E-state index in [1.165, 1.54) is 36.4 Å². The van der Waals surface area contributed by atoms with Crippen LogP contribution in [0.25, 0.3) is 0 Å². The van der Waals surface area contributed by atoms with Gasteiger partial charge in [0.05, 0.1) is 0 Å². The monoisotopic (exact) mass is 378 g/mol. The number of benzene rings is 2. The van der Waals surface area contributed by atoms with E-state index in [-0.39, 0.29) is 19.0 Å². The first-order chi connectivity index (χ1) is 12.5. The molecule has 26 heavy (non-hydrogen) atoms. The van der Waals surface area contributed by atoms with Gasteiger partial charge >= 0.3 is 0 Å². The highest BCUT2D eigenvalue weighted by Crippen LogP contribution is 2.17. The van der Waals surface area contributed by atoms with Gasteiger partial charge < -0.3 is 19.7 Å². The molecule has 2 N–H and O–H groups in total. The minimum atomic E-state index is -0.829. The Kier molecular flexibility index (Phi) is 8.15. The zero-order valence-corrected chi connectivity index (χ0v) is 14.7. The summed E-state index contributed by atoms with van der Waals surface area (Å²) < 4.78 is 23.5. The lowest BCUT2D eigenvalue weighted by Gasteiger charge is -2.09.